The second-order valence-electron chi connectivity index (χ2n) is 5.13. The zero-order valence-corrected chi connectivity index (χ0v) is 12.4. The van der Waals surface area contributed by atoms with Crippen molar-refractivity contribution in [2.45, 2.75) is 38.6 Å². The molecule has 0 spiro atoms. The van der Waals surface area contributed by atoms with E-state index in [9.17, 15) is 0 Å². The van der Waals surface area contributed by atoms with Crippen molar-refractivity contribution >= 4 is 23.0 Å². The molecule has 1 aromatic rings. The number of aromatic nitrogens is 2. The van der Waals surface area contributed by atoms with Gasteiger partial charge in [0, 0.05) is 26.2 Å². The van der Waals surface area contributed by atoms with Crippen LogP contribution in [-0.2, 0) is 7.05 Å². The molecule has 0 bridgehead atoms. The summed E-state index contributed by atoms with van der Waals surface area (Å²) in [7, 11) is 1.94. The second kappa shape index (κ2) is 5.88. The van der Waals surface area contributed by atoms with Crippen molar-refractivity contribution in [1.82, 2.24) is 9.78 Å². The summed E-state index contributed by atoms with van der Waals surface area (Å²) in [4.78, 5) is 2.76. The Hall–Kier alpha value is -1.14. The predicted octanol–water partition coefficient (Wildman–Crippen LogP) is 1.10. The van der Waals surface area contributed by atoms with Crippen LogP contribution in [-0.4, -0.2) is 39.1 Å². The van der Waals surface area contributed by atoms with Gasteiger partial charge in [0.15, 0.2) is 0 Å². The van der Waals surface area contributed by atoms with Crippen LogP contribution < -0.4 is 10.6 Å². The molecule has 0 aromatic carbocycles. The molecule has 5 nitrogen and oxygen atoms in total. The van der Waals surface area contributed by atoms with Crippen LogP contribution in [0.1, 0.15) is 36.9 Å². The Morgan fingerprint density at radius 1 is 1.58 bits per heavy atom. The lowest BCUT2D eigenvalue weighted by molar-refractivity contribution is 0.279. The van der Waals surface area contributed by atoms with Crippen LogP contribution in [0.5, 0.6) is 0 Å². The van der Waals surface area contributed by atoms with E-state index in [1.807, 2.05) is 18.7 Å². The molecule has 0 aliphatic carbocycles. The van der Waals surface area contributed by atoms with E-state index in [4.69, 9.17) is 23.1 Å². The SMILES string of the molecule is Cc1nn(C)c(N2CCCC2CCCO)c1C(N)=S. The fourth-order valence-corrected chi connectivity index (χ4v) is 3.24. The van der Waals surface area contributed by atoms with Crippen molar-refractivity contribution in [3.05, 3.63) is 11.3 Å². The molecule has 1 unspecified atom stereocenters. The van der Waals surface area contributed by atoms with Crippen LogP contribution in [0, 0.1) is 6.92 Å². The first kappa shape index (κ1) is 14.3. The minimum absolute atomic E-state index is 0.247. The van der Waals surface area contributed by atoms with Gasteiger partial charge < -0.3 is 15.7 Å². The van der Waals surface area contributed by atoms with Gasteiger partial charge in [-0.1, -0.05) is 12.2 Å². The predicted molar refractivity (Wildman–Crippen MR) is 80.5 cm³/mol. The number of aryl methyl sites for hydroxylation is 2. The Labute approximate surface area is 119 Å². The highest BCUT2D eigenvalue weighted by atomic mass is 32.1. The molecule has 2 heterocycles. The summed E-state index contributed by atoms with van der Waals surface area (Å²) in [5.41, 5.74) is 7.64. The molecule has 19 heavy (non-hydrogen) atoms. The average Bonchev–Trinajstić information content (AvgIpc) is 2.90. The lowest BCUT2D eigenvalue weighted by Crippen LogP contribution is -2.32. The van der Waals surface area contributed by atoms with Crippen molar-refractivity contribution in [2.24, 2.45) is 12.8 Å². The van der Waals surface area contributed by atoms with Crippen LogP contribution in [0.4, 0.5) is 5.82 Å². The zero-order valence-electron chi connectivity index (χ0n) is 11.6. The highest BCUT2D eigenvalue weighted by molar-refractivity contribution is 7.80. The standard InChI is InChI=1S/C13H22N4OS/c1-9-11(12(14)19)13(16(2)15-9)17-7-3-5-10(17)6-4-8-18/h10,18H,3-8H2,1-2H3,(H2,14,19). The Morgan fingerprint density at radius 3 is 2.95 bits per heavy atom. The fourth-order valence-electron chi connectivity index (χ4n) is 3.01. The van der Waals surface area contributed by atoms with E-state index < -0.39 is 0 Å². The van der Waals surface area contributed by atoms with Gasteiger partial charge in [0.05, 0.1) is 11.3 Å². The van der Waals surface area contributed by atoms with Gasteiger partial charge in [0.25, 0.3) is 0 Å². The molecule has 0 radical (unpaired) electrons. The van der Waals surface area contributed by atoms with E-state index in [1.165, 1.54) is 0 Å². The highest BCUT2D eigenvalue weighted by Crippen LogP contribution is 2.31. The summed E-state index contributed by atoms with van der Waals surface area (Å²) >= 11 is 5.17. The molecular formula is C13H22N4OS. The summed E-state index contributed by atoms with van der Waals surface area (Å²) in [6.07, 6.45) is 4.15. The summed E-state index contributed by atoms with van der Waals surface area (Å²) in [5, 5.41) is 13.5. The molecule has 1 saturated heterocycles. The van der Waals surface area contributed by atoms with Gasteiger partial charge >= 0.3 is 0 Å². The van der Waals surface area contributed by atoms with Crippen LogP contribution >= 0.6 is 12.2 Å². The third kappa shape index (κ3) is 2.74. The molecule has 0 amide bonds. The Morgan fingerprint density at radius 2 is 2.32 bits per heavy atom. The zero-order chi connectivity index (χ0) is 14.0. The third-order valence-corrected chi connectivity index (χ3v) is 3.99. The van der Waals surface area contributed by atoms with E-state index >= 15 is 0 Å². The quantitative estimate of drug-likeness (QED) is 0.792. The Balaban J connectivity index is 2.32. The number of aliphatic hydroxyl groups is 1. The van der Waals surface area contributed by atoms with Crippen molar-refractivity contribution in [1.29, 1.82) is 0 Å². The number of hydrogen-bond donors (Lipinski definition) is 2. The van der Waals surface area contributed by atoms with E-state index in [-0.39, 0.29) is 6.61 Å². The van der Waals surface area contributed by atoms with Gasteiger partial charge in [-0.05, 0) is 32.6 Å². The first-order valence-corrected chi connectivity index (χ1v) is 7.18. The van der Waals surface area contributed by atoms with Crippen LogP contribution in [0.2, 0.25) is 0 Å². The van der Waals surface area contributed by atoms with Crippen molar-refractivity contribution in [3.63, 3.8) is 0 Å². The number of anilines is 1. The van der Waals surface area contributed by atoms with E-state index in [0.717, 1.165) is 49.3 Å². The molecule has 3 N–H and O–H groups in total. The number of aliphatic hydroxyl groups excluding tert-OH is 1. The summed E-state index contributed by atoms with van der Waals surface area (Å²) in [6.45, 7) is 3.19. The van der Waals surface area contributed by atoms with Gasteiger partial charge in [-0.2, -0.15) is 5.10 Å². The second-order valence-corrected chi connectivity index (χ2v) is 5.57. The van der Waals surface area contributed by atoms with Gasteiger partial charge in [0.1, 0.15) is 10.8 Å². The minimum atomic E-state index is 0.247. The first-order valence-electron chi connectivity index (χ1n) is 6.77. The summed E-state index contributed by atoms with van der Waals surface area (Å²) in [6, 6.07) is 0.454. The van der Waals surface area contributed by atoms with E-state index in [0.29, 0.717) is 11.0 Å². The normalized spacial score (nSPS) is 19.1. The van der Waals surface area contributed by atoms with Crippen LogP contribution in [0.25, 0.3) is 0 Å². The molecule has 0 saturated carbocycles. The molecule has 1 aliphatic heterocycles. The third-order valence-electron chi connectivity index (χ3n) is 3.78. The van der Waals surface area contributed by atoms with Crippen molar-refractivity contribution < 1.29 is 5.11 Å². The minimum Gasteiger partial charge on any atom is -0.396 e. The van der Waals surface area contributed by atoms with Gasteiger partial charge in [-0.3, -0.25) is 4.68 Å². The fraction of sp³-hybridized carbons (Fsp3) is 0.692. The number of nitrogens with two attached hydrogens (primary N) is 1. The van der Waals surface area contributed by atoms with E-state index in [2.05, 4.69) is 10.00 Å². The molecule has 1 fully saturated rings. The number of hydrogen-bond acceptors (Lipinski definition) is 4. The number of rotatable bonds is 5. The maximum absolute atomic E-state index is 9.01. The number of nitrogens with zero attached hydrogens (tertiary/aromatic N) is 3. The molecular weight excluding hydrogens is 260 g/mol. The molecule has 1 aliphatic rings. The van der Waals surface area contributed by atoms with Gasteiger partial charge in [0.2, 0.25) is 0 Å². The maximum Gasteiger partial charge on any atom is 0.137 e. The lowest BCUT2D eigenvalue weighted by atomic mass is 10.1. The Kier molecular flexibility index (Phi) is 4.42. The van der Waals surface area contributed by atoms with E-state index in [1.54, 1.807) is 0 Å². The topological polar surface area (TPSA) is 67.3 Å². The molecule has 1 atom stereocenters. The monoisotopic (exact) mass is 282 g/mol. The molecule has 6 heteroatoms. The first-order chi connectivity index (χ1) is 9.06. The van der Waals surface area contributed by atoms with Crippen LogP contribution in [0.15, 0.2) is 0 Å². The Bertz CT molecular complexity index is 471. The highest BCUT2D eigenvalue weighted by Gasteiger charge is 2.30. The van der Waals surface area contributed by atoms with Gasteiger partial charge in [-0.15, -0.1) is 0 Å². The largest absolute Gasteiger partial charge is 0.396 e. The lowest BCUT2D eigenvalue weighted by Gasteiger charge is -2.27. The van der Waals surface area contributed by atoms with Crippen LogP contribution in [0.3, 0.4) is 0 Å². The number of thiocarbonyl (C=S) groups is 1. The maximum atomic E-state index is 9.01. The summed E-state index contributed by atoms with van der Waals surface area (Å²) in [5.74, 6) is 1.03. The molecule has 1 aromatic heterocycles. The van der Waals surface area contributed by atoms with Gasteiger partial charge in [-0.25, -0.2) is 0 Å². The summed E-state index contributed by atoms with van der Waals surface area (Å²) < 4.78 is 1.88. The van der Waals surface area contributed by atoms with Crippen molar-refractivity contribution in [2.75, 3.05) is 18.1 Å². The molecule has 2 rings (SSSR count). The smallest absolute Gasteiger partial charge is 0.137 e. The average molecular weight is 282 g/mol. The molecule has 106 valence electrons. The van der Waals surface area contributed by atoms with Crippen molar-refractivity contribution in [3.8, 4) is 0 Å².